The Morgan fingerprint density at radius 2 is 1.50 bits per heavy atom. The summed E-state index contributed by atoms with van der Waals surface area (Å²) in [6, 6.07) is 30.4. The van der Waals surface area contributed by atoms with Crippen LogP contribution in [0.5, 0.6) is 5.75 Å². The summed E-state index contributed by atoms with van der Waals surface area (Å²) < 4.78 is 30.9. The Morgan fingerprint density at radius 1 is 0.870 bits per heavy atom. The van der Waals surface area contributed by atoms with Crippen LogP contribution < -0.4 is 25.7 Å². The molecular weight excluding hydrogens is 606 g/mol. The molecule has 3 N–H and O–H groups in total. The predicted molar refractivity (Wildman–Crippen MR) is 175 cm³/mol. The second kappa shape index (κ2) is 13.7. The van der Waals surface area contributed by atoms with Gasteiger partial charge in [-0.1, -0.05) is 54.1 Å². The Morgan fingerprint density at radius 3 is 2.13 bits per heavy atom. The first-order valence-electron chi connectivity index (χ1n) is 14.5. The van der Waals surface area contributed by atoms with Gasteiger partial charge in [-0.3, -0.25) is 14.4 Å². The molecule has 3 amide bonds. The zero-order chi connectivity index (χ0) is 32.7. The summed E-state index contributed by atoms with van der Waals surface area (Å²) in [6.07, 6.45) is 0.282. The van der Waals surface area contributed by atoms with Crippen LogP contribution in [0.2, 0.25) is 0 Å². The minimum absolute atomic E-state index is 0.0650. The van der Waals surface area contributed by atoms with Gasteiger partial charge in [-0.2, -0.15) is 5.01 Å². The van der Waals surface area contributed by atoms with Gasteiger partial charge >= 0.3 is 5.91 Å². The highest BCUT2D eigenvalue weighted by atomic mass is 32.2. The molecule has 236 valence electrons. The van der Waals surface area contributed by atoms with Crippen LogP contribution in [-0.2, 0) is 19.4 Å². The zero-order valence-corrected chi connectivity index (χ0v) is 26.1. The Balaban J connectivity index is 1.30. The number of hydrogen-bond donors (Lipinski definition) is 3. The number of sulfone groups is 1. The molecule has 0 bridgehead atoms. The number of amidine groups is 1. The first-order chi connectivity index (χ1) is 22.1. The van der Waals surface area contributed by atoms with Gasteiger partial charge in [0.15, 0.2) is 15.7 Å². The van der Waals surface area contributed by atoms with Crippen molar-refractivity contribution < 1.29 is 27.5 Å². The van der Waals surface area contributed by atoms with Crippen LogP contribution in [0.25, 0.3) is 0 Å². The molecule has 0 saturated carbocycles. The second-order valence-corrected chi connectivity index (χ2v) is 12.7. The van der Waals surface area contributed by atoms with Crippen molar-refractivity contribution in [1.82, 2.24) is 10.6 Å². The van der Waals surface area contributed by atoms with Crippen molar-refractivity contribution in [1.29, 1.82) is 0 Å². The van der Waals surface area contributed by atoms with E-state index < -0.39 is 33.2 Å². The largest absolute Gasteiger partial charge is 0.494 e. The van der Waals surface area contributed by atoms with E-state index in [0.29, 0.717) is 17.1 Å². The summed E-state index contributed by atoms with van der Waals surface area (Å²) in [5.74, 6) is -1.47. The average molecular weight is 640 g/mol. The molecule has 1 aliphatic heterocycles. The molecule has 46 heavy (non-hydrogen) atoms. The summed E-state index contributed by atoms with van der Waals surface area (Å²) in [5.41, 5.74) is 0.248. The van der Waals surface area contributed by atoms with Crippen LogP contribution in [0.1, 0.15) is 29.3 Å². The molecule has 1 atom stereocenters. The summed E-state index contributed by atoms with van der Waals surface area (Å²) in [4.78, 5) is 40.1. The standard InChI is InChI=1S/C34H33N5O6S/c1-24-14-20-30(21-15-24)46(43,44)23-9-22-45-29-18-16-26(17-19-29)31(41)35-32-34(36-25(2)40,37-27-10-5-3-6-11-27)33(42)39(38-32)28-12-7-4-8-13-28/h3-8,10-21,37H,9,22-23H2,1-2H3,(H,36,40)(H,35,38,41). The first kappa shape index (κ1) is 31.9. The number of carbonyl (C=O) groups excluding carboxylic acids is 3. The summed E-state index contributed by atoms with van der Waals surface area (Å²) >= 11 is 0. The third-order valence-electron chi connectivity index (χ3n) is 7.09. The molecular formula is C34H33N5O6S. The van der Waals surface area contributed by atoms with E-state index in [1.54, 1.807) is 97.1 Å². The molecule has 11 nitrogen and oxygen atoms in total. The Bertz CT molecular complexity index is 1850. The van der Waals surface area contributed by atoms with Crippen LogP contribution in [-0.4, -0.2) is 50.0 Å². The fourth-order valence-electron chi connectivity index (χ4n) is 4.79. The minimum Gasteiger partial charge on any atom is -0.494 e. The Hall–Kier alpha value is -5.49. The van der Waals surface area contributed by atoms with Gasteiger partial charge < -0.3 is 20.7 Å². The number of nitrogens with zero attached hydrogens (tertiary/aromatic N) is 2. The van der Waals surface area contributed by atoms with Crippen molar-refractivity contribution in [2.45, 2.75) is 30.8 Å². The average Bonchev–Trinajstić information content (AvgIpc) is 3.30. The number of ether oxygens (including phenoxy) is 1. The molecule has 4 aromatic rings. The summed E-state index contributed by atoms with van der Waals surface area (Å²) in [5, 5.41) is 14.0. The SMILES string of the molecule is CC(=O)NC1(Nc2ccccc2)C(=O)N(c2ccccc2)N=C1NC(=O)c1ccc(OCCCS(=O)(=O)c2ccc(C)cc2)cc1. The van der Waals surface area contributed by atoms with Gasteiger partial charge in [0.1, 0.15) is 5.75 Å². The lowest BCUT2D eigenvalue weighted by Gasteiger charge is -2.31. The molecule has 0 radical (unpaired) electrons. The second-order valence-electron chi connectivity index (χ2n) is 10.6. The highest BCUT2D eigenvalue weighted by Gasteiger charge is 2.54. The fraction of sp³-hybridized carbons (Fsp3) is 0.176. The number of amides is 3. The number of para-hydroxylation sites is 2. The van der Waals surface area contributed by atoms with Gasteiger partial charge in [0.2, 0.25) is 5.91 Å². The van der Waals surface area contributed by atoms with Crippen molar-refractivity contribution in [3.05, 3.63) is 120 Å². The monoisotopic (exact) mass is 639 g/mol. The van der Waals surface area contributed by atoms with Crippen LogP contribution in [0.4, 0.5) is 11.4 Å². The Labute approximate surface area is 267 Å². The third kappa shape index (κ3) is 7.24. The van der Waals surface area contributed by atoms with Crippen molar-refractivity contribution >= 4 is 44.8 Å². The maximum Gasteiger partial charge on any atom is 0.302 e. The molecule has 0 fully saturated rings. The van der Waals surface area contributed by atoms with Crippen LogP contribution in [0, 0.1) is 6.92 Å². The maximum atomic E-state index is 14.0. The molecule has 0 aliphatic carbocycles. The maximum absolute atomic E-state index is 14.0. The van der Waals surface area contributed by atoms with Gasteiger partial charge in [0, 0.05) is 18.2 Å². The van der Waals surface area contributed by atoms with Gasteiger partial charge in [0.05, 0.1) is 22.9 Å². The minimum atomic E-state index is -3.43. The van der Waals surface area contributed by atoms with Gasteiger partial charge in [-0.15, -0.1) is 5.10 Å². The first-order valence-corrected chi connectivity index (χ1v) is 16.2. The third-order valence-corrected chi connectivity index (χ3v) is 8.91. The number of hydrogen-bond acceptors (Lipinski definition) is 8. The van der Waals surface area contributed by atoms with E-state index in [9.17, 15) is 22.8 Å². The van der Waals surface area contributed by atoms with E-state index >= 15 is 0 Å². The molecule has 1 heterocycles. The van der Waals surface area contributed by atoms with Gasteiger partial charge in [0.25, 0.3) is 11.6 Å². The molecule has 0 spiro atoms. The summed E-state index contributed by atoms with van der Waals surface area (Å²) in [6.45, 7) is 3.32. The van der Waals surface area contributed by atoms with E-state index in [1.165, 1.54) is 19.1 Å². The molecule has 12 heteroatoms. The number of carbonyl (C=O) groups is 3. The van der Waals surface area contributed by atoms with E-state index in [-0.39, 0.29) is 35.1 Å². The summed E-state index contributed by atoms with van der Waals surface area (Å²) in [7, 11) is -3.43. The van der Waals surface area contributed by atoms with Crippen molar-refractivity contribution in [2.24, 2.45) is 5.10 Å². The van der Waals surface area contributed by atoms with Crippen molar-refractivity contribution in [2.75, 3.05) is 22.7 Å². The molecule has 1 unspecified atom stereocenters. The lowest BCUT2D eigenvalue weighted by Crippen LogP contribution is -2.67. The highest BCUT2D eigenvalue weighted by Crippen LogP contribution is 2.28. The Kier molecular flexibility index (Phi) is 9.47. The molecule has 0 saturated heterocycles. The fourth-order valence-corrected chi connectivity index (χ4v) is 6.07. The van der Waals surface area contributed by atoms with Crippen molar-refractivity contribution in [3.8, 4) is 5.75 Å². The molecule has 4 aromatic carbocycles. The van der Waals surface area contributed by atoms with Crippen LogP contribution in [0.3, 0.4) is 0 Å². The van der Waals surface area contributed by atoms with Gasteiger partial charge in [-0.25, -0.2) is 8.42 Å². The molecule has 1 aliphatic rings. The number of anilines is 2. The lowest BCUT2D eigenvalue weighted by molar-refractivity contribution is -0.127. The number of benzene rings is 4. The topological polar surface area (TPSA) is 146 Å². The smallest absolute Gasteiger partial charge is 0.302 e. The zero-order valence-electron chi connectivity index (χ0n) is 25.3. The predicted octanol–water partition coefficient (Wildman–Crippen LogP) is 4.27. The van der Waals surface area contributed by atoms with E-state index in [1.807, 2.05) is 6.92 Å². The number of rotatable bonds is 11. The molecule has 5 rings (SSSR count). The normalized spacial score (nSPS) is 16.0. The highest BCUT2D eigenvalue weighted by molar-refractivity contribution is 7.91. The lowest BCUT2D eigenvalue weighted by atomic mass is 10.1. The number of nitrogens with one attached hydrogen (secondary N) is 3. The van der Waals surface area contributed by atoms with Crippen molar-refractivity contribution in [3.63, 3.8) is 0 Å². The van der Waals surface area contributed by atoms with Gasteiger partial charge in [-0.05, 0) is 74.0 Å². The van der Waals surface area contributed by atoms with E-state index in [0.717, 1.165) is 10.6 Å². The number of hydrazone groups is 1. The quantitative estimate of drug-likeness (QED) is 0.164. The van der Waals surface area contributed by atoms with Crippen LogP contribution >= 0.6 is 0 Å². The van der Waals surface area contributed by atoms with E-state index in [4.69, 9.17) is 4.74 Å². The molecule has 0 aromatic heterocycles. The van der Waals surface area contributed by atoms with Crippen LogP contribution in [0.15, 0.2) is 119 Å². The number of aryl methyl sites for hydroxylation is 1. The van der Waals surface area contributed by atoms with E-state index in [2.05, 4.69) is 21.1 Å².